The molecular formula is C29H28N6O5S. The number of H-pyrrole nitrogens is 1. The van der Waals surface area contributed by atoms with E-state index < -0.39 is 6.03 Å². The van der Waals surface area contributed by atoms with E-state index in [9.17, 15) is 4.79 Å². The summed E-state index contributed by atoms with van der Waals surface area (Å²) in [6.07, 6.45) is 1.92. The number of amides is 2. The maximum absolute atomic E-state index is 13.0. The molecule has 5 rings (SSSR count). The monoisotopic (exact) mass is 572 g/mol. The third-order valence-electron chi connectivity index (χ3n) is 5.93. The Morgan fingerprint density at radius 3 is 2.00 bits per heavy atom. The minimum atomic E-state index is -0.538. The van der Waals surface area contributed by atoms with Crippen LogP contribution in [0.1, 0.15) is 0 Å². The highest BCUT2D eigenvalue weighted by Gasteiger charge is 2.14. The van der Waals surface area contributed by atoms with Crippen LogP contribution in [0.5, 0.6) is 23.0 Å². The first kappa shape index (κ1) is 27.5. The molecule has 0 aliphatic rings. The highest BCUT2D eigenvalue weighted by Crippen LogP contribution is 2.35. The van der Waals surface area contributed by atoms with Gasteiger partial charge in [-0.25, -0.2) is 9.78 Å². The smallest absolute Gasteiger partial charge is 0.326 e. The van der Waals surface area contributed by atoms with Gasteiger partial charge in [-0.2, -0.15) is 4.98 Å². The molecule has 2 amide bonds. The van der Waals surface area contributed by atoms with Gasteiger partial charge < -0.3 is 34.6 Å². The van der Waals surface area contributed by atoms with Gasteiger partial charge in [-0.05, 0) is 6.07 Å². The van der Waals surface area contributed by atoms with Crippen molar-refractivity contribution in [2.24, 2.45) is 0 Å². The minimum absolute atomic E-state index is 0.0968. The second-order valence-electron chi connectivity index (χ2n) is 8.62. The van der Waals surface area contributed by atoms with Gasteiger partial charge in [0.25, 0.3) is 0 Å². The molecule has 3 aromatic carbocycles. The number of nitrogens with zero attached hydrogens (tertiary/aromatic N) is 2. The number of aromatic amines is 1. The van der Waals surface area contributed by atoms with Crippen LogP contribution in [0.25, 0.3) is 10.9 Å². The van der Waals surface area contributed by atoms with Gasteiger partial charge in [0.1, 0.15) is 33.8 Å². The van der Waals surface area contributed by atoms with Crippen molar-refractivity contribution in [1.82, 2.24) is 15.0 Å². The predicted octanol–water partition coefficient (Wildman–Crippen LogP) is 6.53. The van der Waals surface area contributed by atoms with E-state index in [0.717, 1.165) is 15.8 Å². The molecule has 210 valence electrons. The summed E-state index contributed by atoms with van der Waals surface area (Å²) >= 11 is 1.44. The molecule has 2 aromatic heterocycles. The topological polar surface area (TPSA) is 132 Å². The van der Waals surface area contributed by atoms with E-state index >= 15 is 0 Å². The number of fused-ring (bicyclic) bond motifs is 1. The highest BCUT2D eigenvalue weighted by molar-refractivity contribution is 7.99. The minimum Gasteiger partial charge on any atom is -0.497 e. The number of benzene rings is 3. The van der Waals surface area contributed by atoms with Crippen molar-refractivity contribution in [1.29, 1.82) is 0 Å². The number of anilines is 4. The third kappa shape index (κ3) is 6.73. The van der Waals surface area contributed by atoms with E-state index in [1.54, 1.807) is 44.6 Å². The van der Waals surface area contributed by atoms with Gasteiger partial charge >= 0.3 is 6.03 Å². The molecule has 0 atom stereocenters. The Morgan fingerprint density at radius 1 is 0.756 bits per heavy atom. The second kappa shape index (κ2) is 12.4. The predicted molar refractivity (Wildman–Crippen MR) is 159 cm³/mol. The molecule has 0 bridgehead atoms. The molecule has 41 heavy (non-hydrogen) atoms. The number of urea groups is 1. The number of carbonyl (C=O) groups excluding carboxylic acids is 1. The summed E-state index contributed by atoms with van der Waals surface area (Å²) in [4.78, 5) is 26.4. The number of ether oxygens (including phenoxy) is 4. The lowest BCUT2D eigenvalue weighted by molar-refractivity contribution is 0.262. The van der Waals surface area contributed by atoms with Crippen molar-refractivity contribution in [2.45, 2.75) is 9.92 Å². The van der Waals surface area contributed by atoms with Crippen LogP contribution in [-0.2, 0) is 0 Å². The molecule has 5 aromatic rings. The second-order valence-corrected chi connectivity index (χ2v) is 9.68. The number of rotatable bonds is 10. The van der Waals surface area contributed by atoms with E-state index in [1.807, 2.05) is 42.6 Å². The zero-order chi connectivity index (χ0) is 28.8. The first-order valence-electron chi connectivity index (χ1n) is 12.4. The largest absolute Gasteiger partial charge is 0.497 e. The quantitative estimate of drug-likeness (QED) is 0.138. The zero-order valence-electron chi connectivity index (χ0n) is 22.8. The van der Waals surface area contributed by atoms with Crippen LogP contribution < -0.4 is 34.9 Å². The summed E-state index contributed by atoms with van der Waals surface area (Å²) < 4.78 is 21.4. The Balaban J connectivity index is 1.45. The average Bonchev–Trinajstić information content (AvgIpc) is 3.38. The van der Waals surface area contributed by atoms with E-state index in [0.29, 0.717) is 45.2 Å². The number of hydrogen-bond donors (Lipinski definition) is 4. The van der Waals surface area contributed by atoms with Crippen molar-refractivity contribution in [3.8, 4) is 23.0 Å². The van der Waals surface area contributed by atoms with Gasteiger partial charge in [0.15, 0.2) is 0 Å². The number of aromatic nitrogens is 3. The van der Waals surface area contributed by atoms with Gasteiger partial charge in [0.2, 0.25) is 5.95 Å². The zero-order valence-corrected chi connectivity index (χ0v) is 23.6. The number of hydrogen-bond acceptors (Lipinski definition) is 9. The molecule has 12 heteroatoms. The van der Waals surface area contributed by atoms with Gasteiger partial charge in [-0.15, -0.1) is 0 Å². The van der Waals surface area contributed by atoms with Gasteiger partial charge in [-0.3, -0.25) is 5.32 Å². The van der Waals surface area contributed by atoms with Crippen LogP contribution in [0.4, 0.5) is 27.9 Å². The van der Waals surface area contributed by atoms with E-state index in [2.05, 4.69) is 30.9 Å². The summed E-state index contributed by atoms with van der Waals surface area (Å²) in [6, 6.07) is 19.7. The van der Waals surface area contributed by atoms with Crippen LogP contribution >= 0.6 is 11.8 Å². The highest BCUT2D eigenvalue weighted by atomic mass is 32.2. The van der Waals surface area contributed by atoms with Crippen LogP contribution in [0, 0.1) is 0 Å². The van der Waals surface area contributed by atoms with Crippen molar-refractivity contribution in [2.75, 3.05) is 44.4 Å². The number of nitrogens with one attached hydrogen (secondary N) is 4. The van der Waals surface area contributed by atoms with Crippen LogP contribution in [0.15, 0.2) is 82.8 Å². The molecule has 0 unspecified atom stereocenters. The Hall–Kier alpha value is -5.10. The van der Waals surface area contributed by atoms with Gasteiger partial charge in [0.05, 0.1) is 28.4 Å². The molecule has 0 fully saturated rings. The van der Waals surface area contributed by atoms with E-state index in [4.69, 9.17) is 18.9 Å². The Morgan fingerprint density at radius 2 is 1.37 bits per heavy atom. The van der Waals surface area contributed by atoms with Crippen LogP contribution in [-0.4, -0.2) is 49.4 Å². The Bertz CT molecular complexity index is 1650. The normalized spacial score (nSPS) is 10.6. The molecule has 4 N–H and O–H groups in total. The SMILES string of the molecule is COc1cc(NC(=O)Nc2nc(Nc3cc(OC)cc(OC)c3)cc(Sc3c[nH]c4ccccc34)n2)cc(OC)c1. The first-order chi connectivity index (χ1) is 20.0. The lowest BCUT2D eigenvalue weighted by atomic mass is 10.2. The van der Waals surface area contributed by atoms with Crippen molar-refractivity contribution < 1.29 is 23.7 Å². The summed E-state index contributed by atoms with van der Waals surface area (Å²) in [7, 11) is 6.24. The van der Waals surface area contributed by atoms with Crippen molar-refractivity contribution in [3.05, 3.63) is 72.9 Å². The summed E-state index contributed by atoms with van der Waals surface area (Å²) in [5.74, 6) is 2.85. The molecule has 0 radical (unpaired) electrons. The Kier molecular flexibility index (Phi) is 8.30. The van der Waals surface area contributed by atoms with E-state index in [1.165, 1.54) is 26.0 Å². The average molecular weight is 573 g/mol. The summed E-state index contributed by atoms with van der Waals surface area (Å²) in [6.45, 7) is 0. The fourth-order valence-corrected chi connectivity index (χ4v) is 4.94. The van der Waals surface area contributed by atoms with Crippen molar-refractivity contribution in [3.63, 3.8) is 0 Å². The molecule has 0 aliphatic carbocycles. The lowest BCUT2D eigenvalue weighted by Gasteiger charge is -2.13. The van der Waals surface area contributed by atoms with E-state index in [-0.39, 0.29) is 5.95 Å². The number of carbonyl (C=O) groups is 1. The Labute approximate surface area is 240 Å². The maximum atomic E-state index is 13.0. The molecule has 11 nitrogen and oxygen atoms in total. The number of para-hydroxylation sites is 1. The standard InChI is InChI=1S/C29H28N6O5S/c1-37-19-9-17(10-20(13-19)38-2)31-26-15-27(41-25-16-30-24-8-6-5-7-23(24)25)34-28(33-26)35-29(36)32-18-11-21(39-3)14-22(12-18)40-4/h5-16,30H,1-4H3,(H3,31,32,33,34,35,36). The maximum Gasteiger partial charge on any atom is 0.326 e. The molecule has 0 saturated carbocycles. The lowest BCUT2D eigenvalue weighted by Crippen LogP contribution is -2.21. The summed E-state index contributed by atoms with van der Waals surface area (Å²) in [5, 5.41) is 10.4. The third-order valence-corrected chi connectivity index (χ3v) is 6.90. The fourth-order valence-electron chi connectivity index (χ4n) is 4.01. The molecule has 2 heterocycles. The fraction of sp³-hybridized carbons (Fsp3) is 0.138. The van der Waals surface area contributed by atoms with Crippen LogP contribution in [0.3, 0.4) is 0 Å². The number of methoxy groups -OCH3 is 4. The van der Waals surface area contributed by atoms with Gasteiger partial charge in [0, 0.05) is 75.8 Å². The van der Waals surface area contributed by atoms with Crippen molar-refractivity contribution >= 4 is 51.8 Å². The van der Waals surface area contributed by atoms with Gasteiger partial charge in [-0.1, -0.05) is 30.0 Å². The first-order valence-corrected chi connectivity index (χ1v) is 13.2. The molecule has 0 saturated heterocycles. The molecular weight excluding hydrogens is 544 g/mol. The molecule has 0 spiro atoms. The summed E-state index contributed by atoms with van der Waals surface area (Å²) in [5.41, 5.74) is 2.17. The molecule has 0 aliphatic heterocycles. The van der Waals surface area contributed by atoms with Crippen LogP contribution in [0.2, 0.25) is 0 Å².